The van der Waals surface area contributed by atoms with Gasteiger partial charge in [-0.15, -0.1) is 0 Å². The third kappa shape index (κ3) is 3.98. The molecule has 0 aromatic heterocycles. The van der Waals surface area contributed by atoms with Gasteiger partial charge in [0.1, 0.15) is 5.75 Å². The van der Waals surface area contributed by atoms with Crippen LogP contribution in [0.3, 0.4) is 0 Å². The fourth-order valence-electron chi connectivity index (χ4n) is 3.05. The minimum Gasteiger partial charge on any atom is -0.496 e. The summed E-state index contributed by atoms with van der Waals surface area (Å²) in [5.74, 6) is 0.889. The van der Waals surface area contributed by atoms with Gasteiger partial charge in [-0.2, -0.15) is 0 Å². The molecule has 1 saturated carbocycles. The van der Waals surface area contributed by atoms with E-state index in [0.29, 0.717) is 11.5 Å². The van der Waals surface area contributed by atoms with Crippen molar-refractivity contribution in [2.24, 2.45) is 5.41 Å². The van der Waals surface area contributed by atoms with Gasteiger partial charge in [0.15, 0.2) is 0 Å². The molecule has 0 aliphatic heterocycles. The summed E-state index contributed by atoms with van der Waals surface area (Å²) in [7, 11) is 1.70. The van der Waals surface area contributed by atoms with Crippen molar-refractivity contribution >= 4 is 15.9 Å². The largest absolute Gasteiger partial charge is 0.496 e. The van der Waals surface area contributed by atoms with Gasteiger partial charge in [-0.3, -0.25) is 0 Å². The zero-order chi connectivity index (χ0) is 14.6. The van der Waals surface area contributed by atoms with Crippen LogP contribution in [0, 0.1) is 5.41 Å². The summed E-state index contributed by atoms with van der Waals surface area (Å²) in [6.07, 6.45) is 6.91. The Hall–Kier alpha value is -0.540. The highest BCUT2D eigenvalue weighted by molar-refractivity contribution is 9.10. The Morgan fingerprint density at radius 3 is 2.60 bits per heavy atom. The van der Waals surface area contributed by atoms with E-state index in [-0.39, 0.29) is 0 Å². The minimum absolute atomic E-state index is 0.371. The normalized spacial score (nSPS) is 19.6. The number of benzene rings is 1. The summed E-state index contributed by atoms with van der Waals surface area (Å²) >= 11 is 3.56. The number of methoxy groups -OCH3 is 1. The van der Waals surface area contributed by atoms with Crippen LogP contribution in [0.2, 0.25) is 0 Å². The third-order valence-electron chi connectivity index (χ3n) is 4.57. The molecule has 1 aromatic carbocycles. The molecule has 0 radical (unpaired) electrons. The molecule has 1 aromatic rings. The van der Waals surface area contributed by atoms with Crippen LogP contribution in [0.15, 0.2) is 22.7 Å². The summed E-state index contributed by atoms with van der Waals surface area (Å²) in [5, 5.41) is 3.71. The Bertz CT molecular complexity index is 441. The highest BCUT2D eigenvalue weighted by Crippen LogP contribution is 2.35. The Morgan fingerprint density at radius 1 is 1.30 bits per heavy atom. The molecule has 1 aliphatic carbocycles. The maximum absolute atomic E-state index is 5.28. The molecular weight excluding hydrogens is 314 g/mol. The summed E-state index contributed by atoms with van der Waals surface area (Å²) in [6, 6.07) is 6.69. The average Bonchev–Trinajstić information content (AvgIpc) is 2.45. The molecule has 0 saturated heterocycles. The van der Waals surface area contributed by atoms with Crippen LogP contribution in [-0.4, -0.2) is 13.7 Å². The molecule has 20 heavy (non-hydrogen) atoms. The second-order valence-corrected chi connectivity index (χ2v) is 7.22. The van der Waals surface area contributed by atoms with Gasteiger partial charge in [-0.05, 0) is 58.8 Å². The first-order valence-corrected chi connectivity index (χ1v) is 8.40. The van der Waals surface area contributed by atoms with E-state index in [2.05, 4.69) is 47.2 Å². The van der Waals surface area contributed by atoms with Crippen LogP contribution >= 0.6 is 15.9 Å². The number of rotatable bonds is 5. The molecule has 1 N–H and O–H groups in total. The summed E-state index contributed by atoms with van der Waals surface area (Å²) in [6.45, 7) is 5.77. The van der Waals surface area contributed by atoms with Crippen LogP contribution < -0.4 is 10.1 Å². The monoisotopic (exact) mass is 339 g/mol. The van der Waals surface area contributed by atoms with Gasteiger partial charge in [-0.25, -0.2) is 0 Å². The molecule has 2 rings (SSSR count). The second kappa shape index (κ2) is 6.95. The van der Waals surface area contributed by atoms with Crippen LogP contribution in [-0.2, 0) is 0 Å². The summed E-state index contributed by atoms with van der Waals surface area (Å²) in [4.78, 5) is 0. The molecule has 0 amide bonds. The van der Waals surface area contributed by atoms with Crippen molar-refractivity contribution in [1.82, 2.24) is 5.32 Å². The van der Waals surface area contributed by atoms with E-state index in [4.69, 9.17) is 4.74 Å². The average molecular weight is 340 g/mol. The molecule has 112 valence electrons. The van der Waals surface area contributed by atoms with Crippen molar-refractivity contribution < 1.29 is 4.74 Å². The van der Waals surface area contributed by atoms with E-state index in [1.807, 2.05) is 6.07 Å². The van der Waals surface area contributed by atoms with Crippen molar-refractivity contribution in [3.05, 3.63) is 28.2 Å². The predicted octanol–water partition coefficient (Wildman–Crippen LogP) is 5.08. The van der Waals surface area contributed by atoms with Gasteiger partial charge >= 0.3 is 0 Å². The lowest BCUT2D eigenvalue weighted by atomic mass is 9.75. The first kappa shape index (κ1) is 15.8. The maximum Gasteiger partial charge on any atom is 0.133 e. The fraction of sp³-hybridized carbons (Fsp3) is 0.647. The fourth-order valence-corrected chi connectivity index (χ4v) is 3.61. The Balaban J connectivity index is 1.94. The molecule has 0 bridgehead atoms. The standard InChI is InChI=1S/C17H26BrNO/c1-13(14-7-8-16(20-3)15(18)11-14)19-12-17(2)9-5-4-6-10-17/h7-8,11,13,19H,4-6,9-10,12H2,1-3H3. The number of halogens is 1. The van der Waals surface area contributed by atoms with Gasteiger partial charge in [0.25, 0.3) is 0 Å². The lowest BCUT2D eigenvalue weighted by Gasteiger charge is -2.35. The Morgan fingerprint density at radius 2 is 2.00 bits per heavy atom. The topological polar surface area (TPSA) is 21.3 Å². The number of nitrogens with one attached hydrogen (secondary N) is 1. The molecule has 3 heteroatoms. The first-order chi connectivity index (χ1) is 9.54. The van der Waals surface area contributed by atoms with Crippen molar-refractivity contribution in [2.75, 3.05) is 13.7 Å². The first-order valence-electron chi connectivity index (χ1n) is 7.61. The Labute approximate surface area is 131 Å². The molecule has 0 spiro atoms. The van der Waals surface area contributed by atoms with E-state index in [9.17, 15) is 0 Å². The third-order valence-corrected chi connectivity index (χ3v) is 5.19. The zero-order valence-electron chi connectivity index (χ0n) is 12.8. The lowest BCUT2D eigenvalue weighted by Crippen LogP contribution is -2.34. The smallest absolute Gasteiger partial charge is 0.133 e. The SMILES string of the molecule is COc1ccc(C(C)NCC2(C)CCCCC2)cc1Br. The zero-order valence-corrected chi connectivity index (χ0v) is 14.4. The number of hydrogen-bond acceptors (Lipinski definition) is 2. The number of hydrogen-bond donors (Lipinski definition) is 1. The van der Waals surface area contributed by atoms with E-state index in [1.165, 1.54) is 37.7 Å². The minimum atomic E-state index is 0.371. The van der Waals surface area contributed by atoms with Crippen molar-refractivity contribution in [3.63, 3.8) is 0 Å². The lowest BCUT2D eigenvalue weighted by molar-refractivity contribution is 0.202. The maximum atomic E-state index is 5.28. The van der Waals surface area contributed by atoms with Gasteiger partial charge in [0.2, 0.25) is 0 Å². The molecule has 1 aliphatic rings. The number of ether oxygens (including phenoxy) is 1. The molecule has 2 nitrogen and oxygen atoms in total. The van der Waals surface area contributed by atoms with E-state index in [1.54, 1.807) is 7.11 Å². The summed E-state index contributed by atoms with van der Waals surface area (Å²) < 4.78 is 6.31. The molecule has 1 unspecified atom stereocenters. The van der Waals surface area contributed by atoms with Gasteiger partial charge in [0.05, 0.1) is 11.6 Å². The molecule has 1 atom stereocenters. The predicted molar refractivity (Wildman–Crippen MR) is 88.3 cm³/mol. The quantitative estimate of drug-likeness (QED) is 0.807. The van der Waals surface area contributed by atoms with Gasteiger partial charge in [0, 0.05) is 12.6 Å². The van der Waals surface area contributed by atoms with Gasteiger partial charge in [-0.1, -0.05) is 32.3 Å². The van der Waals surface area contributed by atoms with Crippen LogP contribution in [0.4, 0.5) is 0 Å². The van der Waals surface area contributed by atoms with E-state index < -0.39 is 0 Å². The van der Waals surface area contributed by atoms with Crippen LogP contribution in [0.5, 0.6) is 5.75 Å². The van der Waals surface area contributed by atoms with Gasteiger partial charge < -0.3 is 10.1 Å². The van der Waals surface area contributed by atoms with Crippen molar-refractivity contribution in [2.45, 2.75) is 52.0 Å². The van der Waals surface area contributed by atoms with E-state index in [0.717, 1.165) is 16.8 Å². The Kier molecular flexibility index (Phi) is 5.50. The molecule has 1 fully saturated rings. The van der Waals surface area contributed by atoms with E-state index >= 15 is 0 Å². The summed E-state index contributed by atoms with van der Waals surface area (Å²) in [5.41, 5.74) is 1.79. The highest BCUT2D eigenvalue weighted by Gasteiger charge is 2.26. The molecule has 0 heterocycles. The van der Waals surface area contributed by atoms with Crippen LogP contribution in [0.1, 0.15) is 57.6 Å². The van der Waals surface area contributed by atoms with Crippen molar-refractivity contribution in [1.29, 1.82) is 0 Å². The van der Waals surface area contributed by atoms with Crippen LogP contribution in [0.25, 0.3) is 0 Å². The second-order valence-electron chi connectivity index (χ2n) is 6.37. The molecular formula is C17H26BrNO. The highest BCUT2D eigenvalue weighted by atomic mass is 79.9. The van der Waals surface area contributed by atoms with Crippen molar-refractivity contribution in [3.8, 4) is 5.75 Å².